The summed E-state index contributed by atoms with van der Waals surface area (Å²) in [6, 6.07) is 1.82. The van der Waals surface area contributed by atoms with Gasteiger partial charge in [0, 0.05) is 10.8 Å². The zero-order valence-corrected chi connectivity index (χ0v) is 16.8. The van der Waals surface area contributed by atoms with Crippen LogP contribution in [-0.2, 0) is 16.3 Å². The molecule has 0 amide bonds. The summed E-state index contributed by atoms with van der Waals surface area (Å²) in [5, 5.41) is 0.556. The number of methoxy groups -OCH3 is 1. The summed E-state index contributed by atoms with van der Waals surface area (Å²) in [7, 11) is 0.385. The first-order valence-corrected chi connectivity index (χ1v) is 10.1. The SMILES string of the molecule is COc1cncc(-c2cc(Cl)c([C@]3(C)CS(=O)C(C)(C)C(N)=N3)s2)n1. The van der Waals surface area contributed by atoms with Crippen molar-refractivity contribution in [3.8, 4) is 16.5 Å². The van der Waals surface area contributed by atoms with Crippen LogP contribution < -0.4 is 10.5 Å². The van der Waals surface area contributed by atoms with Gasteiger partial charge in [0.25, 0.3) is 0 Å². The van der Waals surface area contributed by atoms with Crippen molar-refractivity contribution in [2.24, 2.45) is 10.7 Å². The van der Waals surface area contributed by atoms with Gasteiger partial charge < -0.3 is 10.5 Å². The number of halogens is 1. The molecule has 0 radical (unpaired) electrons. The molecule has 3 rings (SSSR count). The first-order valence-electron chi connectivity index (χ1n) is 7.58. The summed E-state index contributed by atoms with van der Waals surface area (Å²) >= 11 is 7.93. The van der Waals surface area contributed by atoms with Crippen molar-refractivity contribution in [1.82, 2.24) is 9.97 Å². The van der Waals surface area contributed by atoms with Gasteiger partial charge in [0.05, 0.1) is 44.8 Å². The molecule has 0 bridgehead atoms. The number of rotatable bonds is 3. The van der Waals surface area contributed by atoms with Gasteiger partial charge in [0.15, 0.2) is 0 Å². The van der Waals surface area contributed by atoms with E-state index in [0.29, 0.717) is 28.2 Å². The zero-order valence-electron chi connectivity index (χ0n) is 14.4. The van der Waals surface area contributed by atoms with E-state index in [-0.39, 0.29) is 0 Å². The third-order valence-corrected chi connectivity index (χ3v) is 8.21. The molecule has 2 aromatic rings. The van der Waals surface area contributed by atoms with Crippen LogP contribution in [-0.4, -0.2) is 37.6 Å². The van der Waals surface area contributed by atoms with Crippen LogP contribution in [0.25, 0.3) is 10.6 Å². The van der Waals surface area contributed by atoms with Crippen molar-refractivity contribution in [2.75, 3.05) is 12.9 Å². The fourth-order valence-corrected chi connectivity index (χ4v) is 5.57. The van der Waals surface area contributed by atoms with Gasteiger partial charge in [-0.3, -0.25) is 14.2 Å². The lowest BCUT2D eigenvalue weighted by molar-refractivity contribution is 0.396. The van der Waals surface area contributed by atoms with E-state index < -0.39 is 21.1 Å². The Morgan fingerprint density at radius 1 is 1.36 bits per heavy atom. The highest BCUT2D eigenvalue weighted by molar-refractivity contribution is 7.87. The smallest absolute Gasteiger partial charge is 0.232 e. The lowest BCUT2D eigenvalue weighted by atomic mass is 10.0. The average molecular weight is 399 g/mol. The van der Waals surface area contributed by atoms with E-state index in [1.165, 1.54) is 24.6 Å². The lowest BCUT2D eigenvalue weighted by Gasteiger charge is -2.36. The maximum Gasteiger partial charge on any atom is 0.232 e. The third-order valence-electron chi connectivity index (χ3n) is 4.22. The second-order valence-electron chi connectivity index (χ2n) is 6.51. The number of aromatic nitrogens is 2. The molecule has 0 spiro atoms. The summed E-state index contributed by atoms with van der Waals surface area (Å²) in [5.74, 6) is 1.17. The number of ether oxygens (including phenoxy) is 1. The van der Waals surface area contributed by atoms with Gasteiger partial charge in [-0.05, 0) is 26.8 Å². The maximum atomic E-state index is 12.7. The Hall–Kier alpha value is -1.51. The molecule has 6 nitrogen and oxygen atoms in total. The Morgan fingerprint density at radius 2 is 2.08 bits per heavy atom. The highest BCUT2D eigenvalue weighted by atomic mass is 35.5. The van der Waals surface area contributed by atoms with Crippen molar-refractivity contribution >= 4 is 39.6 Å². The monoisotopic (exact) mass is 398 g/mol. The van der Waals surface area contributed by atoms with Crippen LogP contribution in [0.5, 0.6) is 5.88 Å². The van der Waals surface area contributed by atoms with Gasteiger partial charge in [-0.15, -0.1) is 11.3 Å². The molecule has 0 aromatic carbocycles. The second-order valence-corrected chi connectivity index (χ2v) is 9.97. The molecule has 0 aliphatic carbocycles. The van der Waals surface area contributed by atoms with Gasteiger partial charge in [-0.2, -0.15) is 0 Å². The van der Waals surface area contributed by atoms with Gasteiger partial charge in [0.2, 0.25) is 5.88 Å². The van der Waals surface area contributed by atoms with E-state index in [1.54, 1.807) is 6.20 Å². The summed E-state index contributed by atoms with van der Waals surface area (Å²) in [6.45, 7) is 5.59. The Morgan fingerprint density at radius 3 is 2.72 bits per heavy atom. The quantitative estimate of drug-likeness (QED) is 0.858. The van der Waals surface area contributed by atoms with Crippen molar-refractivity contribution in [3.05, 3.63) is 28.4 Å². The molecule has 2 N–H and O–H groups in total. The molecule has 0 fully saturated rings. The lowest BCUT2D eigenvalue weighted by Crippen LogP contribution is -2.51. The number of nitrogens with zero attached hydrogens (tertiary/aromatic N) is 3. The van der Waals surface area contributed by atoms with Crippen LogP contribution in [0.2, 0.25) is 5.02 Å². The summed E-state index contributed by atoms with van der Waals surface area (Å²) in [6.07, 6.45) is 3.19. The molecule has 9 heteroatoms. The second kappa shape index (κ2) is 6.34. The van der Waals surface area contributed by atoms with Gasteiger partial charge in [0.1, 0.15) is 17.1 Å². The van der Waals surface area contributed by atoms with Crippen LogP contribution in [0.1, 0.15) is 25.6 Å². The number of thiophene rings is 1. The van der Waals surface area contributed by atoms with E-state index in [9.17, 15) is 4.21 Å². The van der Waals surface area contributed by atoms with E-state index in [1.807, 2.05) is 26.8 Å². The topological polar surface area (TPSA) is 90.5 Å². The van der Waals surface area contributed by atoms with E-state index in [4.69, 9.17) is 22.1 Å². The minimum atomic E-state index is -1.15. The van der Waals surface area contributed by atoms with Crippen molar-refractivity contribution in [3.63, 3.8) is 0 Å². The van der Waals surface area contributed by atoms with Crippen LogP contribution in [0, 0.1) is 0 Å². The number of hydrogen-bond acceptors (Lipinski definition) is 7. The Balaban J connectivity index is 2.06. The fourth-order valence-electron chi connectivity index (χ4n) is 2.53. The first-order chi connectivity index (χ1) is 11.7. The molecular formula is C16H19ClN4O2S2. The molecule has 2 atom stereocenters. The molecule has 2 aromatic heterocycles. The van der Waals surface area contributed by atoms with Crippen LogP contribution in [0.3, 0.4) is 0 Å². The minimum absolute atomic E-state index is 0.365. The van der Waals surface area contributed by atoms with E-state index >= 15 is 0 Å². The highest BCUT2D eigenvalue weighted by Gasteiger charge is 2.44. The predicted molar refractivity (Wildman–Crippen MR) is 103 cm³/mol. The molecule has 25 heavy (non-hydrogen) atoms. The number of nitrogens with two attached hydrogens (primary N) is 1. The van der Waals surface area contributed by atoms with Crippen LogP contribution >= 0.6 is 22.9 Å². The Bertz CT molecular complexity index is 881. The predicted octanol–water partition coefficient (Wildman–Crippen LogP) is 2.98. The van der Waals surface area contributed by atoms with Crippen molar-refractivity contribution in [1.29, 1.82) is 0 Å². The summed E-state index contributed by atoms with van der Waals surface area (Å²) in [5.41, 5.74) is 6.04. The number of hydrogen-bond donors (Lipinski definition) is 1. The molecule has 1 unspecified atom stereocenters. The molecule has 0 saturated heterocycles. The van der Waals surface area contributed by atoms with Crippen molar-refractivity contribution < 1.29 is 8.95 Å². The third kappa shape index (κ3) is 3.18. The molecule has 1 aliphatic heterocycles. The highest BCUT2D eigenvalue weighted by Crippen LogP contribution is 2.44. The summed E-state index contributed by atoms with van der Waals surface area (Å²) in [4.78, 5) is 14.8. The normalized spacial score (nSPS) is 25.5. The summed E-state index contributed by atoms with van der Waals surface area (Å²) < 4.78 is 17.1. The molecular weight excluding hydrogens is 380 g/mol. The van der Waals surface area contributed by atoms with E-state index in [2.05, 4.69) is 15.0 Å². The number of aliphatic imine (C=N–C) groups is 1. The van der Waals surface area contributed by atoms with Gasteiger partial charge in [-0.1, -0.05) is 11.6 Å². The van der Waals surface area contributed by atoms with Crippen LogP contribution in [0.4, 0.5) is 0 Å². The molecule has 1 aliphatic rings. The molecule has 0 saturated carbocycles. The Labute approximate surface area is 158 Å². The minimum Gasteiger partial charge on any atom is -0.480 e. The Kier molecular flexibility index (Phi) is 4.63. The molecule has 134 valence electrons. The van der Waals surface area contributed by atoms with Crippen molar-refractivity contribution in [2.45, 2.75) is 31.1 Å². The number of amidine groups is 1. The first kappa shape index (κ1) is 18.3. The zero-order chi connectivity index (χ0) is 18.4. The van der Waals surface area contributed by atoms with E-state index in [0.717, 1.165) is 9.75 Å². The van der Waals surface area contributed by atoms with Gasteiger partial charge in [-0.25, -0.2) is 4.98 Å². The van der Waals surface area contributed by atoms with Crippen LogP contribution in [0.15, 0.2) is 23.5 Å². The molecule has 3 heterocycles. The standard InChI is InChI=1S/C16H19ClN4O2S2/c1-15(2)14(18)21-16(3,8-25(15)22)13-9(17)5-11(24-13)10-6-19-7-12(20-10)23-4/h5-7H,8H2,1-4H3,(H2,18,21)/t16-,25?/m0/s1. The maximum absolute atomic E-state index is 12.7. The van der Waals surface area contributed by atoms with Gasteiger partial charge >= 0.3 is 0 Å². The average Bonchev–Trinajstić information content (AvgIpc) is 2.96. The fraction of sp³-hybridized carbons (Fsp3) is 0.438. The largest absolute Gasteiger partial charge is 0.480 e.